The van der Waals surface area contributed by atoms with Gasteiger partial charge >= 0.3 is 5.97 Å². The number of aliphatic carboxylic acids is 1. The number of aromatic nitrogens is 3. The molecular weight excluding hydrogens is 1300 g/mol. The van der Waals surface area contributed by atoms with Crippen molar-refractivity contribution < 1.29 is 82.1 Å². The Morgan fingerprint density at radius 1 is 0.615 bits per heavy atom. The lowest BCUT2D eigenvalue weighted by molar-refractivity contribution is -0.142. The molecule has 0 saturated carbocycles. The van der Waals surface area contributed by atoms with Crippen molar-refractivity contribution in [1.29, 1.82) is 0 Å². The molecule has 1 aromatic carbocycles. The number of imidazole rings is 1. The molecule has 5 heterocycles. The average molecular weight is 1380 g/mol. The van der Waals surface area contributed by atoms with Gasteiger partial charge in [0.2, 0.25) is 82.7 Å². The third kappa shape index (κ3) is 22.3. The molecule has 6 rings (SSSR count). The topological polar surface area (TPSA) is 579 Å². The second-order valence-electron chi connectivity index (χ2n) is 22.8. The predicted octanol–water partition coefficient (Wildman–Crippen LogP) is -7.63. The zero-order valence-corrected chi connectivity index (χ0v) is 54.1. The lowest BCUT2D eigenvalue weighted by atomic mass is 10.0. The number of para-hydroxylation sites is 1. The van der Waals surface area contributed by atoms with Gasteiger partial charge in [-0.1, -0.05) is 39.8 Å². The summed E-state index contributed by atoms with van der Waals surface area (Å²) in [5.74, 6) is -17.2. The van der Waals surface area contributed by atoms with Crippen LogP contribution in [0.1, 0.15) is 77.0 Å². The predicted molar refractivity (Wildman–Crippen MR) is 343 cm³/mol. The molecule has 37 nitrogen and oxygen atoms in total. The van der Waals surface area contributed by atoms with Gasteiger partial charge in [-0.15, -0.1) is 0 Å². The van der Waals surface area contributed by atoms with E-state index in [0.29, 0.717) is 16.5 Å². The fourth-order valence-corrected chi connectivity index (χ4v) is 12.6. The molecule has 3 aromatic rings. The molecule has 3 fully saturated rings. The van der Waals surface area contributed by atoms with Crippen LogP contribution in [-0.4, -0.2) is 235 Å². The number of nitrogens with two attached hydrogens (primary N) is 3. The van der Waals surface area contributed by atoms with Crippen LogP contribution in [0.5, 0.6) is 0 Å². The summed E-state index contributed by atoms with van der Waals surface area (Å²) in [5, 5.41) is 50.5. The first kappa shape index (κ1) is 75.0. The van der Waals surface area contributed by atoms with Gasteiger partial charge in [0.25, 0.3) is 0 Å². The SMILES string of the molecule is C[C@@H]1NC(=O)[C@H](C)NC(=O)[C@H](Cc2cnc[nH]2)NC(=O)[C@H](CC(N)=O)NC(=O)[C@H](CCC(=O)O)NC(=O)[C@@H]2CSSC[C@H](NC(=O)[C@@H]3CCCN3C(=O)[C@H](C)NC1=O)C(=O)N[C@@H](CO)C(=O)N[C@@H](Cc1c[nH]c3ccccc13)C(=O)N[C@@H](CCCN=C(N)N)C(=O)NCC(=O)N2. The van der Waals surface area contributed by atoms with Crippen LogP contribution in [0.4, 0.5) is 0 Å². The molecule has 14 amide bonds. The quantitative estimate of drug-likeness (QED) is 0.0308. The number of carbonyl (C=O) groups excluding carboxylic acids is 14. The van der Waals surface area contributed by atoms with E-state index in [2.05, 4.69) is 83.7 Å². The number of primary amides is 1. The fraction of sp³-hybridized carbons (Fsp3) is 0.526. The average Bonchev–Trinajstić information content (AvgIpc) is 1.54. The van der Waals surface area contributed by atoms with Gasteiger partial charge < -0.3 is 106 Å². The molecule has 2 bridgehead atoms. The molecule has 0 radical (unpaired) electrons. The number of aliphatic hydroxyl groups excluding tert-OH is 1. The number of benzene rings is 1. The fourth-order valence-electron chi connectivity index (χ4n) is 10.2. The maximum Gasteiger partial charge on any atom is 0.303 e. The normalized spacial score (nSPS) is 26.6. The number of hydrogen-bond acceptors (Lipinski definition) is 20. The zero-order valence-electron chi connectivity index (χ0n) is 52.5. The minimum atomic E-state index is -1.95. The largest absolute Gasteiger partial charge is 0.481 e. The number of carbonyl (C=O) groups is 15. The number of rotatable bonds is 14. The molecule has 3 aliphatic rings. The van der Waals surface area contributed by atoms with Crippen molar-refractivity contribution in [2.24, 2.45) is 22.2 Å². The number of nitrogens with one attached hydrogen (secondary N) is 14. The van der Waals surface area contributed by atoms with Crippen LogP contribution >= 0.6 is 21.6 Å². The van der Waals surface area contributed by atoms with Gasteiger partial charge in [-0.3, -0.25) is 76.9 Å². The highest BCUT2D eigenvalue weighted by Gasteiger charge is 2.41. The van der Waals surface area contributed by atoms with Crippen molar-refractivity contribution in [1.82, 2.24) is 83.7 Å². The Bertz CT molecular complexity index is 3400. The first-order valence-corrected chi connectivity index (χ1v) is 33.0. The second-order valence-corrected chi connectivity index (χ2v) is 25.3. The monoisotopic (exact) mass is 1380 g/mol. The number of carboxylic acids is 1. The summed E-state index contributed by atoms with van der Waals surface area (Å²) in [5.41, 5.74) is 18.0. The van der Waals surface area contributed by atoms with Gasteiger partial charge in [0.05, 0.1) is 25.9 Å². The van der Waals surface area contributed by atoms with Gasteiger partial charge in [-0.05, 0) is 64.5 Å². The molecule has 22 N–H and O–H groups in total. The van der Waals surface area contributed by atoms with Gasteiger partial charge in [0.15, 0.2) is 5.96 Å². The Balaban J connectivity index is 1.41. The van der Waals surface area contributed by atoms with Crippen molar-refractivity contribution >= 4 is 127 Å². The van der Waals surface area contributed by atoms with E-state index in [-0.39, 0.29) is 63.3 Å². The van der Waals surface area contributed by atoms with E-state index >= 15 is 0 Å². The summed E-state index contributed by atoms with van der Waals surface area (Å²) in [4.78, 5) is 224. The molecule has 522 valence electrons. The van der Waals surface area contributed by atoms with Crippen molar-refractivity contribution in [2.75, 3.05) is 37.7 Å². The van der Waals surface area contributed by atoms with E-state index in [9.17, 15) is 82.1 Å². The first-order valence-electron chi connectivity index (χ1n) is 30.5. The minimum absolute atomic E-state index is 0.00778. The summed E-state index contributed by atoms with van der Waals surface area (Å²) in [7, 11) is 1.59. The number of aliphatic hydroxyl groups is 1. The van der Waals surface area contributed by atoms with Crippen LogP contribution in [0, 0.1) is 0 Å². The van der Waals surface area contributed by atoms with Crippen LogP contribution in [-0.2, 0) is 84.8 Å². The second kappa shape index (κ2) is 36.0. The maximum absolute atomic E-state index is 14.6. The number of hydrogen-bond donors (Lipinski definition) is 19. The van der Waals surface area contributed by atoms with Gasteiger partial charge in [-0.25, -0.2) is 4.98 Å². The van der Waals surface area contributed by atoms with E-state index in [4.69, 9.17) is 17.2 Å². The van der Waals surface area contributed by atoms with Gasteiger partial charge in [0, 0.05) is 72.8 Å². The van der Waals surface area contributed by atoms with E-state index in [0.717, 1.165) is 26.5 Å². The van der Waals surface area contributed by atoms with Crippen LogP contribution < -0.4 is 81.0 Å². The molecule has 96 heavy (non-hydrogen) atoms. The highest BCUT2D eigenvalue weighted by atomic mass is 33.1. The minimum Gasteiger partial charge on any atom is -0.481 e. The lowest BCUT2D eigenvalue weighted by Gasteiger charge is -2.29. The van der Waals surface area contributed by atoms with Crippen molar-refractivity contribution in [3.05, 3.63) is 54.2 Å². The number of fused-ring (bicyclic) bond motifs is 7. The number of aliphatic imine (C=N–C) groups is 1. The lowest BCUT2D eigenvalue weighted by Crippen LogP contribution is -2.61. The molecule has 3 saturated heterocycles. The number of carboxylic acid groups (broad SMARTS) is 1. The summed E-state index contributed by atoms with van der Waals surface area (Å²) in [6, 6.07) is -12.2. The highest BCUT2D eigenvalue weighted by molar-refractivity contribution is 8.76. The van der Waals surface area contributed by atoms with Gasteiger partial charge in [0.1, 0.15) is 72.5 Å². The van der Waals surface area contributed by atoms with Crippen molar-refractivity contribution in [3.8, 4) is 0 Å². The Labute approximate surface area is 556 Å². The summed E-state index contributed by atoms with van der Waals surface area (Å²) < 4.78 is 0. The van der Waals surface area contributed by atoms with Crippen LogP contribution in [0.25, 0.3) is 10.9 Å². The van der Waals surface area contributed by atoms with Crippen LogP contribution in [0.15, 0.2) is 48.0 Å². The Hall–Kier alpha value is -10.0. The van der Waals surface area contributed by atoms with E-state index in [1.807, 2.05) is 0 Å². The molecule has 0 spiro atoms. The maximum atomic E-state index is 14.6. The Morgan fingerprint density at radius 3 is 1.80 bits per heavy atom. The molecule has 3 aliphatic heterocycles. The third-order valence-corrected chi connectivity index (χ3v) is 17.8. The van der Waals surface area contributed by atoms with E-state index in [1.165, 1.54) is 33.3 Å². The number of H-pyrrole nitrogens is 2. The molecule has 2 aromatic heterocycles. The smallest absolute Gasteiger partial charge is 0.303 e. The summed E-state index contributed by atoms with van der Waals surface area (Å²) in [6.07, 6.45) is 1.25. The van der Waals surface area contributed by atoms with Crippen molar-refractivity contribution in [3.63, 3.8) is 0 Å². The summed E-state index contributed by atoms with van der Waals surface area (Å²) in [6.45, 7) is 1.80. The molecular formula is C57H80N20O17S2. The molecule has 12 atom stereocenters. The first-order chi connectivity index (χ1) is 45.6. The number of guanidine groups is 1. The molecule has 0 unspecified atom stereocenters. The third-order valence-electron chi connectivity index (χ3n) is 15.4. The van der Waals surface area contributed by atoms with Gasteiger partial charge in [-0.2, -0.15) is 0 Å². The number of nitrogens with zero attached hydrogens (tertiary/aromatic N) is 3. The highest BCUT2D eigenvalue weighted by Crippen LogP contribution is 2.25. The van der Waals surface area contributed by atoms with E-state index in [1.54, 1.807) is 30.5 Å². The number of amides is 14. The van der Waals surface area contributed by atoms with E-state index < -0.39 is 205 Å². The Kier molecular flexibility index (Phi) is 28.1. The van der Waals surface area contributed by atoms with Crippen LogP contribution in [0.3, 0.4) is 0 Å². The zero-order chi connectivity index (χ0) is 70.3. The van der Waals surface area contributed by atoms with Crippen LogP contribution in [0.2, 0.25) is 0 Å². The van der Waals surface area contributed by atoms with Crippen molar-refractivity contribution in [2.45, 2.75) is 151 Å². The summed E-state index contributed by atoms with van der Waals surface area (Å²) >= 11 is 0. The number of aromatic amines is 2. The Morgan fingerprint density at radius 2 is 1.17 bits per heavy atom. The molecule has 39 heteroatoms. The standard InChI is InChI=1S/C57H80N20O17S2/c1-26-46(84)68-28(3)56(94)77-15-7-11-41(77)55(93)76-40-24-96-95-23-39(53(91)71-34(12-13-44(81)82)48(86)74-37(18-42(58)79)51(89)73-36(17-30-20-61-25-65-30)49(87)67-27(2)45(83)66-26)69-43(80)21-64-47(85)33(10-6-14-62-57(59)60)70-50(88)35(72-52(90)38(22-78)75-54(40)92)16-29-19-63-32-9-5-4-8-31(29)32/h4-5,8-9,19-20,25-28,33-41,63,78H,6-7,10-18,21-24H2,1-3H3,(H2,58,79)(H,61,65)(H,64,85)(H,66,83)(H,67,87)(H,68,84)(H,69,80)(H,70,88)(H,71,91)(H,72,90)(H,73,89)(H,74,86)(H,75,92)(H,76,93)(H,81,82)(H4,59,60,62)/t26-,27-,28-,33-,34-,35-,36-,37-,38-,39-,40-,41-/m0/s1. The molecule has 0 aliphatic carbocycles.